The predicted molar refractivity (Wildman–Crippen MR) is 113 cm³/mol. The second-order valence-corrected chi connectivity index (χ2v) is 6.34. The van der Waals surface area contributed by atoms with Crippen molar-refractivity contribution in [2.75, 3.05) is 20.3 Å². The summed E-state index contributed by atoms with van der Waals surface area (Å²) in [6, 6.07) is 12.6. The van der Waals surface area contributed by atoms with Gasteiger partial charge in [-0.1, -0.05) is 13.0 Å². The summed E-state index contributed by atoms with van der Waals surface area (Å²) in [6.07, 6.45) is 0.925. The number of carbonyl (C=O) groups excluding carboxylic acids is 1. The maximum atomic E-state index is 12.3. The van der Waals surface area contributed by atoms with Gasteiger partial charge in [0.05, 0.1) is 20.3 Å². The Morgan fingerprint density at radius 1 is 1.04 bits per heavy atom. The van der Waals surface area contributed by atoms with E-state index in [0.717, 1.165) is 17.7 Å². The van der Waals surface area contributed by atoms with Gasteiger partial charge >= 0.3 is 0 Å². The number of amides is 1. The van der Waals surface area contributed by atoms with E-state index in [1.165, 1.54) is 0 Å². The van der Waals surface area contributed by atoms with E-state index >= 15 is 0 Å². The number of carbonyl (C=O) groups is 1. The van der Waals surface area contributed by atoms with Crippen molar-refractivity contribution in [1.82, 2.24) is 10.6 Å². The highest BCUT2D eigenvalue weighted by Crippen LogP contribution is 2.28. The molecule has 28 heavy (non-hydrogen) atoms. The van der Waals surface area contributed by atoms with Crippen molar-refractivity contribution in [3.63, 3.8) is 0 Å². The van der Waals surface area contributed by atoms with Crippen LogP contribution in [-0.2, 0) is 6.54 Å². The summed E-state index contributed by atoms with van der Waals surface area (Å²) in [5.74, 6) is 1.82. The van der Waals surface area contributed by atoms with E-state index in [-0.39, 0.29) is 11.0 Å². The summed E-state index contributed by atoms with van der Waals surface area (Å²) >= 11 is 5.22. The van der Waals surface area contributed by atoms with Crippen LogP contribution in [0.25, 0.3) is 0 Å². The zero-order valence-electron chi connectivity index (χ0n) is 16.4. The lowest BCUT2D eigenvalue weighted by Crippen LogP contribution is -2.38. The lowest BCUT2D eigenvalue weighted by molar-refractivity contribution is 0.0976. The topological polar surface area (TPSA) is 68.8 Å². The van der Waals surface area contributed by atoms with Gasteiger partial charge in [-0.25, -0.2) is 0 Å². The van der Waals surface area contributed by atoms with Crippen molar-refractivity contribution >= 4 is 23.2 Å². The number of rotatable bonds is 9. The molecule has 0 radical (unpaired) electrons. The summed E-state index contributed by atoms with van der Waals surface area (Å²) in [5.41, 5.74) is 1.46. The first kappa shape index (κ1) is 21.5. The Balaban J connectivity index is 1.88. The first-order chi connectivity index (χ1) is 13.6. The molecule has 0 spiro atoms. The third-order valence-electron chi connectivity index (χ3n) is 3.80. The van der Waals surface area contributed by atoms with Crippen molar-refractivity contribution in [3.8, 4) is 17.2 Å². The van der Waals surface area contributed by atoms with E-state index in [9.17, 15) is 4.79 Å². The Morgan fingerprint density at radius 2 is 1.79 bits per heavy atom. The minimum Gasteiger partial charge on any atom is -0.494 e. The van der Waals surface area contributed by atoms with E-state index in [1.54, 1.807) is 31.4 Å². The average Bonchev–Trinajstić information content (AvgIpc) is 2.71. The molecule has 0 aliphatic heterocycles. The largest absolute Gasteiger partial charge is 0.494 e. The Labute approximate surface area is 171 Å². The second kappa shape index (κ2) is 11.1. The lowest BCUT2D eigenvalue weighted by atomic mass is 10.2. The van der Waals surface area contributed by atoms with Crippen LogP contribution in [-0.4, -0.2) is 31.3 Å². The maximum Gasteiger partial charge on any atom is 0.257 e. The molecule has 0 bridgehead atoms. The van der Waals surface area contributed by atoms with Crippen LogP contribution in [0.1, 0.15) is 36.2 Å². The van der Waals surface area contributed by atoms with Gasteiger partial charge in [-0.05, 0) is 67.5 Å². The molecule has 1 amide bonds. The van der Waals surface area contributed by atoms with Crippen LogP contribution in [0.15, 0.2) is 42.5 Å². The van der Waals surface area contributed by atoms with Gasteiger partial charge in [-0.2, -0.15) is 0 Å². The molecule has 2 aromatic rings. The molecule has 2 N–H and O–H groups in total. The fourth-order valence-electron chi connectivity index (χ4n) is 2.42. The average molecular weight is 403 g/mol. The molecule has 6 nitrogen and oxygen atoms in total. The van der Waals surface area contributed by atoms with Crippen LogP contribution >= 0.6 is 12.2 Å². The minimum atomic E-state index is -0.276. The van der Waals surface area contributed by atoms with Gasteiger partial charge in [-0.3, -0.25) is 10.1 Å². The van der Waals surface area contributed by atoms with Gasteiger partial charge in [0.1, 0.15) is 5.75 Å². The van der Waals surface area contributed by atoms with Crippen LogP contribution in [0.3, 0.4) is 0 Å². The highest BCUT2D eigenvalue weighted by atomic mass is 32.1. The lowest BCUT2D eigenvalue weighted by Gasteiger charge is -2.13. The normalized spacial score (nSPS) is 10.1. The Morgan fingerprint density at radius 3 is 2.43 bits per heavy atom. The van der Waals surface area contributed by atoms with Gasteiger partial charge < -0.3 is 19.5 Å². The van der Waals surface area contributed by atoms with Gasteiger partial charge in [0.15, 0.2) is 16.6 Å². The van der Waals surface area contributed by atoms with Crippen LogP contribution in [0.2, 0.25) is 0 Å². The van der Waals surface area contributed by atoms with E-state index in [2.05, 4.69) is 10.6 Å². The molecule has 2 rings (SSSR count). The summed E-state index contributed by atoms with van der Waals surface area (Å²) in [5, 5.41) is 5.95. The number of ether oxygens (including phenoxy) is 3. The number of thiocarbonyl (C=S) groups is 1. The quantitative estimate of drug-likeness (QED) is 0.624. The monoisotopic (exact) mass is 402 g/mol. The number of hydrogen-bond donors (Lipinski definition) is 2. The third-order valence-corrected chi connectivity index (χ3v) is 4.04. The number of methoxy groups -OCH3 is 1. The van der Waals surface area contributed by atoms with E-state index in [4.69, 9.17) is 26.4 Å². The van der Waals surface area contributed by atoms with Crippen molar-refractivity contribution in [1.29, 1.82) is 0 Å². The molecule has 0 saturated heterocycles. The van der Waals surface area contributed by atoms with E-state index in [1.807, 2.05) is 32.0 Å². The van der Waals surface area contributed by atoms with Crippen LogP contribution in [0.5, 0.6) is 17.2 Å². The van der Waals surface area contributed by atoms with Gasteiger partial charge in [0.25, 0.3) is 5.91 Å². The van der Waals surface area contributed by atoms with Gasteiger partial charge in [-0.15, -0.1) is 0 Å². The highest BCUT2D eigenvalue weighted by Gasteiger charge is 2.09. The summed E-state index contributed by atoms with van der Waals surface area (Å²) in [7, 11) is 1.60. The highest BCUT2D eigenvalue weighted by molar-refractivity contribution is 7.80. The predicted octanol–water partition coefficient (Wildman–Crippen LogP) is 3.69. The fraction of sp³-hybridized carbons (Fsp3) is 0.333. The molecule has 0 saturated carbocycles. The summed E-state index contributed by atoms with van der Waals surface area (Å²) in [6.45, 7) is 5.62. The third kappa shape index (κ3) is 6.42. The Bertz CT molecular complexity index is 793. The molecule has 150 valence electrons. The molecule has 0 heterocycles. The molecule has 0 aromatic heterocycles. The molecule has 2 aromatic carbocycles. The van der Waals surface area contributed by atoms with Crippen molar-refractivity contribution in [2.45, 2.75) is 26.8 Å². The summed E-state index contributed by atoms with van der Waals surface area (Å²) < 4.78 is 16.4. The van der Waals surface area contributed by atoms with Gasteiger partial charge in [0, 0.05) is 12.1 Å². The SMILES string of the molecule is CCCOc1ccc(CNC(=S)NC(=O)c2ccc(OCC)cc2)cc1OC. The van der Waals surface area contributed by atoms with Crippen molar-refractivity contribution in [3.05, 3.63) is 53.6 Å². The molecule has 0 fully saturated rings. The van der Waals surface area contributed by atoms with Crippen molar-refractivity contribution < 1.29 is 19.0 Å². The fourth-order valence-corrected chi connectivity index (χ4v) is 2.59. The molecule has 0 aliphatic carbocycles. The standard InChI is InChI=1S/C21H26N2O4S/c1-4-12-27-18-11-6-15(13-19(18)25-3)14-22-21(28)23-20(24)16-7-9-17(10-8-16)26-5-2/h6-11,13H,4-5,12,14H2,1-3H3,(H2,22,23,24,28). The smallest absolute Gasteiger partial charge is 0.257 e. The number of benzene rings is 2. The first-order valence-corrected chi connectivity index (χ1v) is 9.60. The maximum absolute atomic E-state index is 12.3. The number of hydrogen-bond acceptors (Lipinski definition) is 5. The molecule has 7 heteroatoms. The van der Waals surface area contributed by atoms with E-state index < -0.39 is 0 Å². The van der Waals surface area contributed by atoms with Crippen LogP contribution in [0.4, 0.5) is 0 Å². The zero-order chi connectivity index (χ0) is 20.4. The molecule has 0 atom stereocenters. The van der Waals surface area contributed by atoms with Crippen LogP contribution in [0, 0.1) is 0 Å². The molecular weight excluding hydrogens is 376 g/mol. The van der Waals surface area contributed by atoms with Crippen LogP contribution < -0.4 is 24.8 Å². The summed E-state index contributed by atoms with van der Waals surface area (Å²) in [4.78, 5) is 12.3. The zero-order valence-corrected chi connectivity index (χ0v) is 17.2. The Kier molecular flexibility index (Phi) is 8.55. The second-order valence-electron chi connectivity index (χ2n) is 5.93. The minimum absolute atomic E-state index is 0.254. The molecular formula is C21H26N2O4S. The first-order valence-electron chi connectivity index (χ1n) is 9.19. The Hall–Kier alpha value is -2.80. The molecule has 0 unspecified atom stereocenters. The van der Waals surface area contributed by atoms with Gasteiger partial charge in [0.2, 0.25) is 0 Å². The van der Waals surface area contributed by atoms with Crippen molar-refractivity contribution in [2.24, 2.45) is 0 Å². The number of nitrogens with one attached hydrogen (secondary N) is 2. The van der Waals surface area contributed by atoms with E-state index in [0.29, 0.717) is 36.8 Å². The molecule has 0 aliphatic rings.